The van der Waals surface area contributed by atoms with Crippen molar-refractivity contribution in [3.63, 3.8) is 0 Å². The van der Waals surface area contributed by atoms with Crippen LogP contribution in [0.3, 0.4) is 0 Å². The van der Waals surface area contributed by atoms with Crippen LogP contribution in [0.4, 0.5) is 0 Å². The van der Waals surface area contributed by atoms with Crippen molar-refractivity contribution >= 4 is 15.9 Å². The number of hydrogen-bond acceptors (Lipinski definition) is 4. The van der Waals surface area contributed by atoms with Crippen LogP contribution in [-0.4, -0.2) is 38.8 Å². The standard InChI is InChI=1S/C11H16N2O4S/c1-12-11(14)9-4-6-13(7-5-9)18(15,16)10-3-2-8-17-10/h2-3,8-9H,4-7H2,1H3,(H,12,14). The highest BCUT2D eigenvalue weighted by Crippen LogP contribution is 2.23. The molecule has 1 N–H and O–H groups in total. The number of furan rings is 1. The summed E-state index contributed by atoms with van der Waals surface area (Å²) in [5.74, 6) is -0.122. The summed E-state index contributed by atoms with van der Waals surface area (Å²) in [5.41, 5.74) is 0. The molecule has 18 heavy (non-hydrogen) atoms. The Morgan fingerprint density at radius 1 is 1.44 bits per heavy atom. The molecule has 0 spiro atoms. The van der Waals surface area contributed by atoms with E-state index < -0.39 is 10.0 Å². The van der Waals surface area contributed by atoms with Crippen LogP contribution in [-0.2, 0) is 14.8 Å². The van der Waals surface area contributed by atoms with Crippen molar-refractivity contribution in [1.82, 2.24) is 9.62 Å². The summed E-state index contributed by atoms with van der Waals surface area (Å²) in [6, 6.07) is 2.98. The van der Waals surface area contributed by atoms with Gasteiger partial charge in [-0.25, -0.2) is 8.42 Å². The molecule has 0 radical (unpaired) electrons. The average molecular weight is 272 g/mol. The second-order valence-electron chi connectivity index (χ2n) is 4.22. The Kier molecular flexibility index (Phi) is 3.72. The van der Waals surface area contributed by atoms with Gasteiger partial charge in [-0.3, -0.25) is 4.79 Å². The lowest BCUT2D eigenvalue weighted by Gasteiger charge is -2.29. The summed E-state index contributed by atoms with van der Waals surface area (Å²) in [7, 11) is -1.95. The zero-order valence-electron chi connectivity index (χ0n) is 10.1. The van der Waals surface area contributed by atoms with Gasteiger partial charge in [-0.1, -0.05) is 0 Å². The number of nitrogens with zero attached hydrogens (tertiary/aromatic N) is 1. The smallest absolute Gasteiger partial charge is 0.276 e. The number of amides is 1. The molecule has 1 aliphatic heterocycles. The van der Waals surface area contributed by atoms with Crippen LogP contribution in [0.1, 0.15) is 12.8 Å². The van der Waals surface area contributed by atoms with Crippen molar-refractivity contribution in [2.45, 2.75) is 17.9 Å². The van der Waals surface area contributed by atoms with Gasteiger partial charge < -0.3 is 9.73 Å². The van der Waals surface area contributed by atoms with Crippen molar-refractivity contribution in [1.29, 1.82) is 0 Å². The van der Waals surface area contributed by atoms with E-state index in [1.807, 2.05) is 0 Å². The van der Waals surface area contributed by atoms with E-state index in [2.05, 4.69) is 5.32 Å². The summed E-state index contributed by atoms with van der Waals surface area (Å²) in [6.07, 6.45) is 2.42. The Morgan fingerprint density at radius 3 is 2.61 bits per heavy atom. The van der Waals surface area contributed by atoms with Gasteiger partial charge in [0.15, 0.2) is 0 Å². The van der Waals surface area contributed by atoms with E-state index in [-0.39, 0.29) is 16.9 Å². The van der Waals surface area contributed by atoms with Crippen LogP contribution >= 0.6 is 0 Å². The van der Waals surface area contributed by atoms with Gasteiger partial charge in [-0.15, -0.1) is 0 Å². The molecule has 0 aliphatic carbocycles. The van der Waals surface area contributed by atoms with Gasteiger partial charge in [0.25, 0.3) is 10.0 Å². The molecule has 1 aromatic heterocycles. The lowest BCUT2D eigenvalue weighted by Crippen LogP contribution is -2.42. The molecule has 2 heterocycles. The molecule has 1 aromatic rings. The van der Waals surface area contributed by atoms with E-state index in [9.17, 15) is 13.2 Å². The third kappa shape index (κ3) is 2.41. The largest absolute Gasteiger partial charge is 0.452 e. The maximum Gasteiger partial charge on any atom is 0.276 e. The fourth-order valence-electron chi connectivity index (χ4n) is 2.10. The van der Waals surface area contributed by atoms with Gasteiger partial charge in [0.2, 0.25) is 11.0 Å². The van der Waals surface area contributed by atoms with E-state index >= 15 is 0 Å². The lowest BCUT2D eigenvalue weighted by atomic mass is 9.97. The molecule has 1 fully saturated rings. The van der Waals surface area contributed by atoms with Gasteiger partial charge in [0.05, 0.1) is 6.26 Å². The van der Waals surface area contributed by atoms with Crippen LogP contribution in [0.15, 0.2) is 27.9 Å². The van der Waals surface area contributed by atoms with Gasteiger partial charge >= 0.3 is 0 Å². The van der Waals surface area contributed by atoms with E-state index in [4.69, 9.17) is 4.42 Å². The average Bonchev–Trinajstić information content (AvgIpc) is 2.92. The van der Waals surface area contributed by atoms with Crippen LogP contribution in [0.5, 0.6) is 0 Å². The highest BCUT2D eigenvalue weighted by atomic mass is 32.2. The second kappa shape index (κ2) is 5.11. The molecule has 0 unspecified atom stereocenters. The topological polar surface area (TPSA) is 79.6 Å². The molecule has 0 saturated carbocycles. The Morgan fingerprint density at radius 2 is 2.11 bits per heavy atom. The first-order valence-electron chi connectivity index (χ1n) is 5.81. The minimum atomic E-state index is -3.54. The number of nitrogens with one attached hydrogen (secondary N) is 1. The maximum absolute atomic E-state index is 12.1. The lowest BCUT2D eigenvalue weighted by molar-refractivity contribution is -0.125. The van der Waals surface area contributed by atoms with E-state index in [0.29, 0.717) is 25.9 Å². The predicted octanol–water partition coefficient (Wildman–Crippen LogP) is 0.426. The SMILES string of the molecule is CNC(=O)C1CCN(S(=O)(=O)c2ccco2)CC1. The van der Waals surface area contributed by atoms with Crippen LogP contribution in [0, 0.1) is 5.92 Å². The Balaban J connectivity index is 2.04. The fourth-order valence-corrected chi connectivity index (χ4v) is 3.47. The summed E-state index contributed by atoms with van der Waals surface area (Å²) >= 11 is 0. The van der Waals surface area contributed by atoms with Gasteiger partial charge in [-0.05, 0) is 25.0 Å². The number of sulfonamides is 1. The molecular formula is C11H16N2O4S. The van der Waals surface area contributed by atoms with E-state index in [1.54, 1.807) is 13.1 Å². The highest BCUT2D eigenvalue weighted by Gasteiger charge is 2.32. The second-order valence-corrected chi connectivity index (χ2v) is 6.09. The van der Waals surface area contributed by atoms with Crippen molar-refractivity contribution in [3.8, 4) is 0 Å². The summed E-state index contributed by atoms with van der Waals surface area (Å²) < 4.78 is 30.6. The summed E-state index contributed by atoms with van der Waals surface area (Å²) in [6.45, 7) is 0.697. The van der Waals surface area contributed by atoms with Gasteiger partial charge in [-0.2, -0.15) is 4.31 Å². The molecule has 1 aliphatic rings. The van der Waals surface area contributed by atoms with Crippen molar-refractivity contribution in [2.75, 3.05) is 20.1 Å². The van der Waals surface area contributed by atoms with E-state index in [0.717, 1.165) is 0 Å². The summed E-state index contributed by atoms with van der Waals surface area (Å²) in [5, 5.41) is 2.55. The molecule has 100 valence electrons. The molecule has 7 heteroatoms. The highest BCUT2D eigenvalue weighted by molar-refractivity contribution is 7.89. The Bertz CT molecular complexity index is 501. The van der Waals surface area contributed by atoms with Crippen LogP contribution in [0.25, 0.3) is 0 Å². The Labute approximate surface area is 106 Å². The maximum atomic E-state index is 12.1. The van der Waals surface area contributed by atoms with Crippen molar-refractivity contribution in [3.05, 3.63) is 18.4 Å². The first-order valence-corrected chi connectivity index (χ1v) is 7.25. The molecule has 0 aromatic carbocycles. The monoisotopic (exact) mass is 272 g/mol. The summed E-state index contributed by atoms with van der Waals surface area (Å²) in [4.78, 5) is 11.5. The minimum Gasteiger partial charge on any atom is -0.452 e. The molecule has 6 nitrogen and oxygen atoms in total. The molecule has 1 amide bonds. The number of carbonyl (C=O) groups excluding carboxylic acids is 1. The first kappa shape index (κ1) is 13.1. The van der Waals surface area contributed by atoms with Crippen LogP contribution in [0.2, 0.25) is 0 Å². The third-order valence-corrected chi connectivity index (χ3v) is 4.95. The van der Waals surface area contributed by atoms with E-state index in [1.165, 1.54) is 16.6 Å². The predicted molar refractivity (Wildman–Crippen MR) is 64.3 cm³/mol. The van der Waals surface area contributed by atoms with Gasteiger partial charge in [0.1, 0.15) is 0 Å². The molecule has 2 rings (SSSR count). The minimum absolute atomic E-state index is 0.0231. The molecule has 1 saturated heterocycles. The molecule has 0 atom stereocenters. The van der Waals surface area contributed by atoms with Crippen molar-refractivity contribution < 1.29 is 17.6 Å². The van der Waals surface area contributed by atoms with Crippen LogP contribution < -0.4 is 5.32 Å². The first-order chi connectivity index (χ1) is 8.55. The third-order valence-electron chi connectivity index (χ3n) is 3.16. The fraction of sp³-hybridized carbons (Fsp3) is 0.545. The zero-order valence-corrected chi connectivity index (χ0v) is 10.9. The molecular weight excluding hydrogens is 256 g/mol. The normalized spacial score (nSPS) is 18.7. The molecule has 0 bridgehead atoms. The van der Waals surface area contributed by atoms with Gasteiger partial charge in [0, 0.05) is 26.1 Å². The zero-order chi connectivity index (χ0) is 13.2. The quantitative estimate of drug-likeness (QED) is 0.865. The number of carbonyl (C=O) groups is 1. The Hall–Kier alpha value is -1.34. The van der Waals surface area contributed by atoms with Crippen molar-refractivity contribution in [2.24, 2.45) is 5.92 Å². The number of rotatable bonds is 3. The number of hydrogen-bond donors (Lipinski definition) is 1. The number of piperidine rings is 1.